The van der Waals surface area contributed by atoms with Gasteiger partial charge in [0.2, 0.25) is 0 Å². The molecule has 3 nitrogen and oxygen atoms in total. The van der Waals surface area contributed by atoms with E-state index in [4.69, 9.17) is 4.74 Å². The van der Waals surface area contributed by atoms with Crippen molar-refractivity contribution in [3.8, 4) is 0 Å². The van der Waals surface area contributed by atoms with Gasteiger partial charge >= 0.3 is 5.97 Å². The van der Waals surface area contributed by atoms with Crippen molar-refractivity contribution in [2.24, 2.45) is 0 Å². The predicted molar refractivity (Wildman–Crippen MR) is 80.6 cm³/mol. The van der Waals surface area contributed by atoms with Crippen LogP contribution < -0.4 is 5.32 Å². The summed E-state index contributed by atoms with van der Waals surface area (Å²) in [5.74, 6) is 0.394. The van der Waals surface area contributed by atoms with Crippen molar-refractivity contribution < 1.29 is 9.53 Å². The molecule has 108 valence electrons. The zero-order valence-corrected chi connectivity index (χ0v) is 12.1. The molecule has 1 saturated carbocycles. The lowest BCUT2D eigenvalue weighted by atomic mass is 9.74. The zero-order chi connectivity index (χ0) is 14.4. The number of carbonyl (C=O) groups is 1. The molecule has 1 aliphatic carbocycles. The van der Waals surface area contributed by atoms with Crippen LogP contribution in [0.4, 0.5) is 0 Å². The normalized spacial score (nSPS) is 25.9. The number of carbonyl (C=O) groups excluding carboxylic acids is 1. The van der Waals surface area contributed by atoms with Crippen LogP contribution >= 0.6 is 0 Å². The first-order valence-electron chi connectivity index (χ1n) is 7.21. The van der Waals surface area contributed by atoms with E-state index >= 15 is 0 Å². The summed E-state index contributed by atoms with van der Waals surface area (Å²) in [5, 5.41) is 3.31. The minimum atomic E-state index is -0.534. The molecule has 0 aliphatic heterocycles. The molecule has 1 aromatic rings. The number of rotatable bonds is 5. The Labute approximate surface area is 121 Å². The second-order valence-corrected chi connectivity index (χ2v) is 5.43. The second-order valence-electron chi connectivity index (χ2n) is 5.43. The van der Waals surface area contributed by atoms with E-state index in [-0.39, 0.29) is 5.97 Å². The van der Waals surface area contributed by atoms with Crippen molar-refractivity contribution in [3.05, 3.63) is 48.6 Å². The highest BCUT2D eigenvalue weighted by molar-refractivity contribution is 5.81. The zero-order valence-electron chi connectivity index (χ0n) is 12.1. The molecule has 1 N–H and O–H groups in total. The lowest BCUT2D eigenvalue weighted by Crippen LogP contribution is -2.54. The summed E-state index contributed by atoms with van der Waals surface area (Å²) in [4.78, 5) is 12.1. The van der Waals surface area contributed by atoms with E-state index in [9.17, 15) is 4.79 Å². The Bertz CT molecular complexity index is 447. The number of nitrogens with one attached hydrogen (secondary N) is 1. The molecule has 0 spiro atoms. The number of benzene rings is 1. The molecule has 0 unspecified atom stereocenters. The summed E-state index contributed by atoms with van der Waals surface area (Å²) >= 11 is 0. The molecule has 1 aromatic carbocycles. The molecule has 0 amide bonds. The molecule has 0 aromatic heterocycles. The average molecular weight is 273 g/mol. The maximum atomic E-state index is 12.1. The van der Waals surface area contributed by atoms with Crippen molar-refractivity contribution >= 4 is 5.97 Å². The van der Waals surface area contributed by atoms with Gasteiger partial charge in [0.05, 0.1) is 7.11 Å². The fourth-order valence-corrected chi connectivity index (χ4v) is 3.09. The van der Waals surface area contributed by atoms with Crippen molar-refractivity contribution in [1.29, 1.82) is 0 Å². The summed E-state index contributed by atoms with van der Waals surface area (Å²) < 4.78 is 5.00. The van der Waals surface area contributed by atoms with Crippen molar-refractivity contribution in [3.63, 3.8) is 0 Å². The average Bonchev–Trinajstić information content (AvgIpc) is 2.53. The van der Waals surface area contributed by atoms with E-state index in [0.29, 0.717) is 12.5 Å². The maximum Gasteiger partial charge on any atom is 0.326 e. The Morgan fingerprint density at radius 2 is 2.05 bits per heavy atom. The smallest absolute Gasteiger partial charge is 0.326 e. The molecule has 1 fully saturated rings. The van der Waals surface area contributed by atoms with Gasteiger partial charge in [-0.05, 0) is 37.2 Å². The Kier molecular flexibility index (Phi) is 4.96. The minimum absolute atomic E-state index is 0.147. The Morgan fingerprint density at radius 3 is 2.60 bits per heavy atom. The van der Waals surface area contributed by atoms with Crippen LogP contribution in [0, 0.1) is 0 Å². The highest BCUT2D eigenvalue weighted by Gasteiger charge is 2.42. The predicted octanol–water partition coefficient (Wildman–Crippen LogP) is 3.03. The van der Waals surface area contributed by atoms with Gasteiger partial charge in [-0.3, -0.25) is 10.1 Å². The standard InChI is InChI=1S/C17H23NO2/c1-3-13-18-17(16(19)20-2)11-9-15(10-12-17)14-7-5-4-6-8-14/h3-8,15,18H,1,9-13H2,2H3. The monoisotopic (exact) mass is 273 g/mol. The SMILES string of the molecule is C=CCNC1(C(=O)OC)CCC(c2ccccc2)CC1. The summed E-state index contributed by atoms with van der Waals surface area (Å²) in [6.45, 7) is 4.34. The quantitative estimate of drug-likeness (QED) is 0.662. The van der Waals surface area contributed by atoms with Crippen LogP contribution in [-0.4, -0.2) is 25.2 Å². The van der Waals surface area contributed by atoms with Crippen molar-refractivity contribution in [1.82, 2.24) is 5.32 Å². The van der Waals surface area contributed by atoms with Gasteiger partial charge in [0.1, 0.15) is 5.54 Å². The third kappa shape index (κ3) is 3.10. The van der Waals surface area contributed by atoms with E-state index in [1.54, 1.807) is 6.08 Å². The van der Waals surface area contributed by atoms with Gasteiger partial charge in [0, 0.05) is 6.54 Å². The topological polar surface area (TPSA) is 38.3 Å². The van der Waals surface area contributed by atoms with Crippen LogP contribution in [0.5, 0.6) is 0 Å². The van der Waals surface area contributed by atoms with Crippen LogP contribution in [-0.2, 0) is 9.53 Å². The fraction of sp³-hybridized carbons (Fsp3) is 0.471. The largest absolute Gasteiger partial charge is 0.468 e. The Balaban J connectivity index is 2.06. The Hall–Kier alpha value is -1.61. The summed E-state index contributed by atoms with van der Waals surface area (Å²) in [7, 11) is 1.46. The number of hydrogen-bond acceptors (Lipinski definition) is 3. The lowest BCUT2D eigenvalue weighted by Gasteiger charge is -2.38. The lowest BCUT2D eigenvalue weighted by molar-refractivity contribution is -0.150. The van der Waals surface area contributed by atoms with Gasteiger partial charge in [-0.25, -0.2) is 0 Å². The molecule has 1 aliphatic rings. The van der Waals surface area contributed by atoms with Crippen LogP contribution in [0.2, 0.25) is 0 Å². The highest BCUT2D eigenvalue weighted by atomic mass is 16.5. The molecule has 0 bridgehead atoms. The van der Waals surface area contributed by atoms with Crippen LogP contribution in [0.25, 0.3) is 0 Å². The third-order valence-electron chi connectivity index (χ3n) is 4.27. The van der Waals surface area contributed by atoms with Gasteiger partial charge in [-0.1, -0.05) is 36.4 Å². The van der Waals surface area contributed by atoms with Crippen LogP contribution in [0.15, 0.2) is 43.0 Å². The van der Waals surface area contributed by atoms with Gasteiger partial charge < -0.3 is 4.74 Å². The van der Waals surface area contributed by atoms with Crippen LogP contribution in [0.3, 0.4) is 0 Å². The van der Waals surface area contributed by atoms with E-state index in [2.05, 4.69) is 36.2 Å². The van der Waals surface area contributed by atoms with Crippen molar-refractivity contribution in [2.45, 2.75) is 37.1 Å². The van der Waals surface area contributed by atoms with E-state index in [1.165, 1.54) is 12.7 Å². The molecular weight excluding hydrogens is 250 g/mol. The first-order valence-corrected chi connectivity index (χ1v) is 7.21. The summed E-state index contributed by atoms with van der Waals surface area (Å²) in [6, 6.07) is 10.5. The number of esters is 1. The molecule has 0 heterocycles. The van der Waals surface area contributed by atoms with E-state index in [0.717, 1.165) is 25.7 Å². The third-order valence-corrected chi connectivity index (χ3v) is 4.27. The molecule has 0 saturated heterocycles. The second kappa shape index (κ2) is 6.71. The highest BCUT2D eigenvalue weighted by Crippen LogP contribution is 2.38. The first kappa shape index (κ1) is 14.8. The molecule has 0 radical (unpaired) electrons. The first-order chi connectivity index (χ1) is 9.72. The van der Waals surface area contributed by atoms with Crippen molar-refractivity contribution in [2.75, 3.05) is 13.7 Å². The number of hydrogen-bond donors (Lipinski definition) is 1. The summed E-state index contributed by atoms with van der Waals surface area (Å²) in [6.07, 6.45) is 5.42. The molecule has 20 heavy (non-hydrogen) atoms. The van der Waals surface area contributed by atoms with Gasteiger partial charge in [-0.15, -0.1) is 6.58 Å². The van der Waals surface area contributed by atoms with Gasteiger partial charge in [0.15, 0.2) is 0 Å². The molecule has 0 atom stereocenters. The minimum Gasteiger partial charge on any atom is -0.468 e. The molecule has 2 rings (SSSR count). The fourth-order valence-electron chi connectivity index (χ4n) is 3.09. The number of ether oxygens (including phenoxy) is 1. The van der Waals surface area contributed by atoms with Gasteiger partial charge in [0.25, 0.3) is 0 Å². The molecule has 3 heteroatoms. The van der Waals surface area contributed by atoms with Crippen LogP contribution in [0.1, 0.15) is 37.2 Å². The molecular formula is C17H23NO2. The van der Waals surface area contributed by atoms with E-state index in [1.807, 2.05) is 6.07 Å². The number of methoxy groups -OCH3 is 1. The van der Waals surface area contributed by atoms with E-state index < -0.39 is 5.54 Å². The maximum absolute atomic E-state index is 12.1. The van der Waals surface area contributed by atoms with Gasteiger partial charge in [-0.2, -0.15) is 0 Å². The Morgan fingerprint density at radius 1 is 1.40 bits per heavy atom. The summed E-state index contributed by atoms with van der Waals surface area (Å²) in [5.41, 5.74) is 0.837.